The highest BCUT2D eigenvalue weighted by Crippen LogP contribution is 2.60. The molecule has 2 N–H and O–H groups in total. The second-order valence-corrected chi connectivity index (χ2v) is 18.5. The summed E-state index contributed by atoms with van der Waals surface area (Å²) in [5.74, 6) is 0.808. The molecule has 0 aromatic rings. The van der Waals surface area contributed by atoms with Gasteiger partial charge in [0.25, 0.3) is 0 Å². The molecule has 3 aliphatic rings. The van der Waals surface area contributed by atoms with Crippen molar-refractivity contribution < 1.29 is 38.8 Å². The second-order valence-electron chi connectivity index (χ2n) is 18.5. The van der Waals surface area contributed by atoms with Crippen LogP contribution in [0.4, 0.5) is 0 Å². The van der Waals surface area contributed by atoms with E-state index in [1.807, 2.05) is 13.8 Å². The fraction of sp³-hybridized carbons (Fsp3) is 0.776. The average molecular weight is 797 g/mol. The van der Waals surface area contributed by atoms with Crippen molar-refractivity contribution >= 4 is 17.9 Å². The third kappa shape index (κ3) is 17.6. The number of ether oxygens (including phenoxy) is 3. The quantitative estimate of drug-likeness (QED) is 0.0406. The Hall–Kier alpha value is -2.71. The average Bonchev–Trinajstić information content (AvgIpc) is 3.50. The minimum atomic E-state index is -0.774. The molecule has 8 heteroatoms. The molecule has 0 aromatic carbocycles. The van der Waals surface area contributed by atoms with Crippen molar-refractivity contribution in [1.29, 1.82) is 0 Å². The maximum atomic E-state index is 12.7. The molecule has 3 saturated carbocycles. The summed E-state index contributed by atoms with van der Waals surface area (Å²) in [5, 5.41) is 21.0. The van der Waals surface area contributed by atoms with Gasteiger partial charge in [0.15, 0.2) is 0 Å². The number of unbranched alkanes of at least 4 members (excludes halogenated alkanes) is 7. The zero-order valence-corrected chi connectivity index (χ0v) is 36.8. The van der Waals surface area contributed by atoms with Crippen LogP contribution in [0.1, 0.15) is 189 Å². The molecule has 57 heavy (non-hydrogen) atoms. The van der Waals surface area contributed by atoms with E-state index in [1.165, 1.54) is 57.4 Å². The number of hydrogen-bond donors (Lipinski definition) is 2. The van der Waals surface area contributed by atoms with Gasteiger partial charge in [-0.3, -0.25) is 14.4 Å². The number of fused-ring (bicyclic) bond motifs is 1. The van der Waals surface area contributed by atoms with E-state index in [0.29, 0.717) is 42.8 Å². The van der Waals surface area contributed by atoms with Crippen LogP contribution >= 0.6 is 0 Å². The summed E-state index contributed by atoms with van der Waals surface area (Å²) in [6, 6.07) is 0. The second kappa shape index (κ2) is 25.0. The number of rotatable bonds is 25. The van der Waals surface area contributed by atoms with E-state index in [-0.39, 0.29) is 30.3 Å². The number of aliphatic hydroxyl groups is 2. The van der Waals surface area contributed by atoms with Gasteiger partial charge in [-0.2, -0.15) is 0 Å². The van der Waals surface area contributed by atoms with Crippen LogP contribution in [0.15, 0.2) is 47.6 Å². The first-order valence-corrected chi connectivity index (χ1v) is 22.8. The summed E-state index contributed by atoms with van der Waals surface area (Å²) in [5.41, 5.74) is 2.79. The molecule has 8 nitrogen and oxygen atoms in total. The molecule has 0 bridgehead atoms. The van der Waals surface area contributed by atoms with Gasteiger partial charge in [0.2, 0.25) is 0 Å². The lowest BCUT2D eigenvalue weighted by Crippen LogP contribution is -2.36. The van der Waals surface area contributed by atoms with Gasteiger partial charge in [-0.25, -0.2) is 0 Å². The summed E-state index contributed by atoms with van der Waals surface area (Å²) in [7, 11) is 0. The van der Waals surface area contributed by atoms with E-state index in [2.05, 4.69) is 51.7 Å². The molecule has 3 rings (SSSR count). The third-order valence-electron chi connectivity index (χ3n) is 13.1. The predicted molar refractivity (Wildman–Crippen MR) is 229 cm³/mol. The van der Waals surface area contributed by atoms with Crippen molar-refractivity contribution in [2.45, 2.75) is 213 Å². The van der Waals surface area contributed by atoms with Gasteiger partial charge < -0.3 is 24.4 Å². The number of esters is 3. The first kappa shape index (κ1) is 48.7. The van der Waals surface area contributed by atoms with Gasteiger partial charge in [-0.1, -0.05) is 102 Å². The Morgan fingerprint density at radius 3 is 2.44 bits per heavy atom. The van der Waals surface area contributed by atoms with Crippen molar-refractivity contribution in [3.05, 3.63) is 47.6 Å². The molecular weight excluding hydrogens is 717 g/mol. The molecule has 3 fully saturated rings. The predicted octanol–water partition coefficient (Wildman–Crippen LogP) is 11.4. The summed E-state index contributed by atoms with van der Waals surface area (Å²) < 4.78 is 16.6. The van der Waals surface area contributed by atoms with E-state index in [0.717, 1.165) is 82.6 Å². The maximum Gasteiger partial charge on any atom is 0.306 e. The van der Waals surface area contributed by atoms with Gasteiger partial charge in [-0.15, -0.1) is 0 Å². The molecule has 0 aromatic heterocycles. The van der Waals surface area contributed by atoms with Crippen molar-refractivity contribution in [2.24, 2.45) is 23.2 Å². The minimum Gasteiger partial charge on any atom is -0.466 e. The summed E-state index contributed by atoms with van der Waals surface area (Å²) in [6.07, 6.45) is 28.3. The standard InChI is InChI=1S/C49H80O8/c1-8-9-10-16-23-41(56-38(4)50)24-17-14-12-11-13-15-18-33-55-46(52)29-30-47(53)57-42-34-40(37(3)45(51)35-42)26-25-39-22-20-32-49(7)43(27-28-44(39)49)36(2)21-19-31-48(5,6)54/h14,17,25-26,36,41-45,51,54H,3,8-13,15-16,18-24,27-35H2,1-2,4-7H3/b17-14-,39-25+,40-26-/t36-,41-,42-,43-,44+,45+,49-/m1/s1. The molecule has 0 heterocycles. The molecule has 324 valence electrons. The summed E-state index contributed by atoms with van der Waals surface area (Å²) >= 11 is 0. The minimum absolute atomic E-state index is 0.0213. The van der Waals surface area contributed by atoms with Gasteiger partial charge in [0.05, 0.1) is 31.2 Å². The molecule has 3 aliphatic carbocycles. The van der Waals surface area contributed by atoms with Crippen LogP contribution in [0.25, 0.3) is 0 Å². The van der Waals surface area contributed by atoms with Crippen molar-refractivity contribution in [1.82, 2.24) is 0 Å². The monoisotopic (exact) mass is 797 g/mol. The van der Waals surface area contributed by atoms with E-state index in [4.69, 9.17) is 14.2 Å². The first-order valence-electron chi connectivity index (χ1n) is 22.8. The van der Waals surface area contributed by atoms with Crippen molar-refractivity contribution in [3.8, 4) is 0 Å². The van der Waals surface area contributed by atoms with Crippen LogP contribution in [0.2, 0.25) is 0 Å². The Morgan fingerprint density at radius 1 is 0.965 bits per heavy atom. The molecule has 0 unspecified atom stereocenters. The Morgan fingerprint density at radius 2 is 1.70 bits per heavy atom. The van der Waals surface area contributed by atoms with Gasteiger partial charge in [0, 0.05) is 26.2 Å². The molecule has 0 aliphatic heterocycles. The summed E-state index contributed by atoms with van der Waals surface area (Å²) in [6.45, 7) is 16.9. The molecule has 7 atom stereocenters. The summed E-state index contributed by atoms with van der Waals surface area (Å²) in [4.78, 5) is 36.5. The maximum absolute atomic E-state index is 12.7. The highest BCUT2D eigenvalue weighted by molar-refractivity contribution is 5.77. The highest BCUT2D eigenvalue weighted by atomic mass is 16.6. The van der Waals surface area contributed by atoms with Gasteiger partial charge >= 0.3 is 17.9 Å². The Labute approximate surface area is 346 Å². The van der Waals surface area contributed by atoms with Crippen LogP contribution in [-0.4, -0.2) is 58.6 Å². The fourth-order valence-corrected chi connectivity index (χ4v) is 9.86. The number of carbonyl (C=O) groups is 3. The van der Waals surface area contributed by atoms with Crippen LogP contribution in [0, 0.1) is 23.2 Å². The SMILES string of the molecule is C=C1/C(=C\C=C2/CCC[C@]3(C)[C@@H]([C@H](C)CCCC(C)(C)O)CC[C@@H]23)C[C@@H](OC(=O)CCC(=O)OCCCCCC/C=C\C[C@@H](CCCCCC)OC(C)=O)C[C@@H]1O. The zero-order valence-electron chi connectivity index (χ0n) is 36.8. The van der Waals surface area contributed by atoms with E-state index in [1.54, 1.807) is 0 Å². The van der Waals surface area contributed by atoms with E-state index in [9.17, 15) is 24.6 Å². The molecule has 0 saturated heterocycles. The van der Waals surface area contributed by atoms with Gasteiger partial charge in [-0.05, 0) is 119 Å². The lowest BCUT2D eigenvalue weighted by molar-refractivity contribution is -0.154. The lowest BCUT2D eigenvalue weighted by Gasteiger charge is -2.44. The van der Waals surface area contributed by atoms with Crippen molar-refractivity contribution in [3.63, 3.8) is 0 Å². The molecular formula is C49H80O8. The highest BCUT2D eigenvalue weighted by Gasteiger charge is 2.50. The number of carbonyl (C=O) groups excluding carboxylic acids is 3. The third-order valence-corrected chi connectivity index (χ3v) is 13.1. The largest absolute Gasteiger partial charge is 0.466 e. The molecule has 0 amide bonds. The van der Waals surface area contributed by atoms with Crippen LogP contribution in [0.3, 0.4) is 0 Å². The number of aliphatic hydroxyl groups excluding tert-OH is 1. The fourth-order valence-electron chi connectivity index (χ4n) is 9.86. The lowest BCUT2D eigenvalue weighted by atomic mass is 9.60. The Kier molecular flexibility index (Phi) is 21.4. The normalized spacial score (nSPS) is 26.4. The van der Waals surface area contributed by atoms with E-state index >= 15 is 0 Å². The van der Waals surface area contributed by atoms with Crippen LogP contribution in [-0.2, 0) is 28.6 Å². The van der Waals surface area contributed by atoms with E-state index < -0.39 is 29.7 Å². The van der Waals surface area contributed by atoms with Gasteiger partial charge in [0.1, 0.15) is 12.2 Å². The molecule has 0 radical (unpaired) electrons. The van der Waals surface area contributed by atoms with Crippen molar-refractivity contribution in [2.75, 3.05) is 6.61 Å². The van der Waals surface area contributed by atoms with Crippen LogP contribution < -0.4 is 0 Å². The smallest absolute Gasteiger partial charge is 0.306 e. The zero-order chi connectivity index (χ0) is 41.8. The Bertz CT molecular complexity index is 1350. The topological polar surface area (TPSA) is 119 Å². The first-order chi connectivity index (χ1) is 27.1. The molecule has 0 spiro atoms. The van der Waals surface area contributed by atoms with Crippen LogP contribution in [0.5, 0.6) is 0 Å². The number of allylic oxidation sites excluding steroid dienone is 4. The Balaban J connectivity index is 1.35. The number of hydrogen-bond acceptors (Lipinski definition) is 8.